The van der Waals surface area contributed by atoms with Crippen LogP contribution in [0.5, 0.6) is 0 Å². The molecule has 1 N–H and O–H groups in total. The van der Waals surface area contributed by atoms with Gasteiger partial charge >= 0.3 is 0 Å². The fraction of sp³-hybridized carbons (Fsp3) is 0.500. The number of rotatable bonds is 5. The molecule has 1 aromatic carbocycles. The molecule has 0 spiro atoms. The van der Waals surface area contributed by atoms with Gasteiger partial charge < -0.3 is 10.0 Å². The summed E-state index contributed by atoms with van der Waals surface area (Å²) >= 11 is 7.89. The van der Waals surface area contributed by atoms with Gasteiger partial charge in [0.2, 0.25) is 0 Å². The van der Waals surface area contributed by atoms with Gasteiger partial charge in [-0.15, -0.1) is 0 Å². The molecule has 0 fully saturated rings. The lowest BCUT2D eigenvalue weighted by atomic mass is 10.2. The zero-order valence-corrected chi connectivity index (χ0v) is 11.5. The summed E-state index contributed by atoms with van der Waals surface area (Å²) < 4.78 is 0. The molecule has 0 aliphatic carbocycles. The van der Waals surface area contributed by atoms with E-state index in [0.29, 0.717) is 11.1 Å². The molecule has 0 radical (unpaired) electrons. The first-order valence-corrected chi connectivity index (χ1v) is 6.98. The molecule has 0 saturated carbocycles. The minimum atomic E-state index is -0.0107. The molecule has 90 valence electrons. The van der Waals surface area contributed by atoms with E-state index in [4.69, 9.17) is 16.7 Å². The average molecular weight is 260 g/mol. The largest absolute Gasteiger partial charge is 0.392 e. The van der Waals surface area contributed by atoms with Crippen LogP contribution in [-0.4, -0.2) is 30.2 Å². The van der Waals surface area contributed by atoms with E-state index >= 15 is 0 Å². The standard InChI is InChI=1S/C12H18ClNOS/c1-9(8-16-3)14(2)11-5-4-10(7-15)12(13)6-11/h4-6,9,15H,7-8H2,1-3H3. The first kappa shape index (κ1) is 13.7. The number of hydrogen-bond acceptors (Lipinski definition) is 3. The SMILES string of the molecule is CSCC(C)N(C)c1ccc(CO)c(Cl)c1. The van der Waals surface area contributed by atoms with Gasteiger partial charge in [-0.2, -0.15) is 11.8 Å². The molecule has 0 aromatic heterocycles. The van der Waals surface area contributed by atoms with Gasteiger partial charge in [0.15, 0.2) is 0 Å². The molecule has 0 bridgehead atoms. The van der Waals surface area contributed by atoms with Crippen LogP contribution in [0.15, 0.2) is 18.2 Å². The summed E-state index contributed by atoms with van der Waals surface area (Å²) in [6.45, 7) is 2.17. The van der Waals surface area contributed by atoms with E-state index in [-0.39, 0.29) is 6.61 Å². The van der Waals surface area contributed by atoms with Gasteiger partial charge in [0.1, 0.15) is 0 Å². The molecule has 1 unspecified atom stereocenters. The van der Waals surface area contributed by atoms with Gasteiger partial charge in [0, 0.05) is 29.6 Å². The highest BCUT2D eigenvalue weighted by atomic mass is 35.5. The van der Waals surface area contributed by atoms with Crippen molar-refractivity contribution in [2.45, 2.75) is 19.6 Å². The number of nitrogens with zero attached hydrogens (tertiary/aromatic N) is 1. The quantitative estimate of drug-likeness (QED) is 0.879. The molecule has 0 heterocycles. The summed E-state index contributed by atoms with van der Waals surface area (Å²) in [6.07, 6.45) is 2.10. The number of benzene rings is 1. The van der Waals surface area contributed by atoms with E-state index in [1.807, 2.05) is 30.0 Å². The second-order valence-corrected chi connectivity index (χ2v) is 5.17. The third-order valence-corrected chi connectivity index (χ3v) is 3.85. The minimum Gasteiger partial charge on any atom is -0.392 e. The fourth-order valence-corrected chi connectivity index (χ4v) is 2.43. The van der Waals surface area contributed by atoms with Crippen LogP contribution in [0.2, 0.25) is 5.02 Å². The molecule has 1 rings (SSSR count). The van der Waals surface area contributed by atoms with Gasteiger partial charge in [0.25, 0.3) is 0 Å². The lowest BCUT2D eigenvalue weighted by Gasteiger charge is -2.27. The average Bonchev–Trinajstić information content (AvgIpc) is 2.28. The van der Waals surface area contributed by atoms with E-state index < -0.39 is 0 Å². The predicted octanol–water partition coefficient (Wildman–Crippen LogP) is 3.02. The molecular weight excluding hydrogens is 242 g/mol. The second-order valence-electron chi connectivity index (χ2n) is 3.85. The molecule has 0 saturated heterocycles. The van der Waals surface area contributed by atoms with E-state index in [1.165, 1.54) is 0 Å². The van der Waals surface area contributed by atoms with Crippen LogP contribution < -0.4 is 4.90 Å². The van der Waals surface area contributed by atoms with Crippen molar-refractivity contribution in [2.24, 2.45) is 0 Å². The highest BCUT2D eigenvalue weighted by Gasteiger charge is 2.10. The Kier molecular flexibility index (Phi) is 5.46. The first-order valence-electron chi connectivity index (χ1n) is 5.21. The van der Waals surface area contributed by atoms with Gasteiger partial charge in [0.05, 0.1) is 6.61 Å². The first-order chi connectivity index (χ1) is 7.60. The van der Waals surface area contributed by atoms with Crippen molar-refractivity contribution >= 4 is 29.1 Å². The fourth-order valence-electron chi connectivity index (χ4n) is 1.49. The monoisotopic (exact) mass is 259 g/mol. The molecule has 0 aliphatic rings. The summed E-state index contributed by atoms with van der Waals surface area (Å²) in [5, 5.41) is 9.67. The third-order valence-electron chi connectivity index (χ3n) is 2.68. The number of hydrogen-bond donors (Lipinski definition) is 1. The van der Waals surface area contributed by atoms with Gasteiger partial charge in [-0.25, -0.2) is 0 Å². The summed E-state index contributed by atoms with van der Waals surface area (Å²) in [5.41, 5.74) is 1.86. The van der Waals surface area contributed by atoms with Crippen LogP contribution in [0.25, 0.3) is 0 Å². The van der Waals surface area contributed by atoms with Crippen LogP contribution in [0.4, 0.5) is 5.69 Å². The Bertz CT molecular complexity index is 346. The zero-order valence-electron chi connectivity index (χ0n) is 9.90. The topological polar surface area (TPSA) is 23.5 Å². The Morgan fingerprint density at radius 2 is 2.19 bits per heavy atom. The third kappa shape index (κ3) is 3.30. The van der Waals surface area contributed by atoms with Crippen LogP contribution in [0.1, 0.15) is 12.5 Å². The summed E-state index contributed by atoms with van der Waals surface area (Å²) in [6, 6.07) is 6.24. The van der Waals surface area contributed by atoms with E-state index in [1.54, 1.807) is 0 Å². The van der Waals surface area contributed by atoms with Crippen molar-refractivity contribution in [2.75, 3.05) is 24.0 Å². The lowest BCUT2D eigenvalue weighted by Crippen LogP contribution is -2.30. The van der Waals surface area contributed by atoms with Gasteiger partial charge in [-0.1, -0.05) is 17.7 Å². The van der Waals surface area contributed by atoms with Gasteiger partial charge in [-0.3, -0.25) is 0 Å². The molecule has 1 atom stereocenters. The number of aliphatic hydroxyl groups excluding tert-OH is 1. The smallest absolute Gasteiger partial charge is 0.0696 e. The molecule has 4 heteroatoms. The van der Waals surface area contributed by atoms with Crippen molar-refractivity contribution in [3.63, 3.8) is 0 Å². The van der Waals surface area contributed by atoms with Crippen molar-refractivity contribution in [3.05, 3.63) is 28.8 Å². The maximum atomic E-state index is 9.04. The lowest BCUT2D eigenvalue weighted by molar-refractivity contribution is 0.282. The van der Waals surface area contributed by atoms with Crippen LogP contribution >= 0.6 is 23.4 Å². The maximum Gasteiger partial charge on any atom is 0.0696 e. The Hall–Kier alpha value is -0.380. The summed E-state index contributed by atoms with van der Waals surface area (Å²) in [7, 11) is 2.06. The Balaban J connectivity index is 2.84. The molecule has 2 nitrogen and oxygen atoms in total. The number of anilines is 1. The minimum absolute atomic E-state index is 0.0107. The normalized spacial score (nSPS) is 12.6. The Morgan fingerprint density at radius 1 is 1.50 bits per heavy atom. The highest BCUT2D eigenvalue weighted by molar-refractivity contribution is 7.98. The maximum absolute atomic E-state index is 9.04. The van der Waals surface area contributed by atoms with E-state index in [0.717, 1.165) is 17.0 Å². The predicted molar refractivity (Wildman–Crippen MR) is 73.6 cm³/mol. The van der Waals surface area contributed by atoms with Crippen molar-refractivity contribution in [1.29, 1.82) is 0 Å². The summed E-state index contributed by atoms with van der Waals surface area (Å²) in [4.78, 5) is 2.20. The van der Waals surface area contributed by atoms with Crippen molar-refractivity contribution in [1.82, 2.24) is 0 Å². The second kappa shape index (κ2) is 6.38. The highest BCUT2D eigenvalue weighted by Crippen LogP contribution is 2.24. The van der Waals surface area contributed by atoms with Gasteiger partial charge in [-0.05, 0) is 30.9 Å². The van der Waals surface area contributed by atoms with Crippen molar-refractivity contribution in [3.8, 4) is 0 Å². The van der Waals surface area contributed by atoms with E-state index in [2.05, 4.69) is 25.1 Å². The number of thioether (sulfide) groups is 1. The number of halogens is 1. The van der Waals surface area contributed by atoms with E-state index in [9.17, 15) is 0 Å². The molecule has 16 heavy (non-hydrogen) atoms. The van der Waals surface area contributed by atoms with Crippen molar-refractivity contribution < 1.29 is 5.11 Å². The molecule has 0 amide bonds. The molecular formula is C12H18ClNOS. The zero-order chi connectivity index (χ0) is 12.1. The van der Waals surface area contributed by atoms with Crippen LogP contribution in [-0.2, 0) is 6.61 Å². The van der Waals surface area contributed by atoms with Crippen LogP contribution in [0, 0.1) is 0 Å². The Labute approximate surface area is 107 Å². The summed E-state index contributed by atoms with van der Waals surface area (Å²) in [5.74, 6) is 1.08. The number of aliphatic hydroxyl groups is 1. The van der Waals surface area contributed by atoms with Crippen LogP contribution in [0.3, 0.4) is 0 Å². The molecule has 0 aliphatic heterocycles. The Morgan fingerprint density at radius 3 is 2.69 bits per heavy atom. The molecule has 1 aromatic rings.